The molecule has 0 aliphatic heterocycles. The van der Waals surface area contributed by atoms with Crippen LogP contribution in [0.1, 0.15) is 31.7 Å². The largest absolute Gasteiger partial charge is 0.381 e. The monoisotopic (exact) mass is 226 g/mol. The second kappa shape index (κ2) is 7.72. The van der Waals surface area contributed by atoms with Crippen molar-refractivity contribution in [1.82, 2.24) is 0 Å². The average Bonchev–Trinajstić information content (AvgIpc) is 2.26. The highest BCUT2D eigenvalue weighted by Gasteiger charge is 1.93. The molecule has 15 heavy (non-hydrogen) atoms. The molecule has 1 rings (SSSR count). The summed E-state index contributed by atoms with van der Waals surface area (Å²) in [7, 11) is 0. The van der Waals surface area contributed by atoms with E-state index in [2.05, 4.69) is 19.1 Å². The van der Waals surface area contributed by atoms with E-state index in [1.807, 2.05) is 12.1 Å². The van der Waals surface area contributed by atoms with Gasteiger partial charge in [-0.1, -0.05) is 43.5 Å². The number of hydrogen-bond donors (Lipinski definition) is 0. The van der Waals surface area contributed by atoms with Crippen molar-refractivity contribution in [2.75, 3.05) is 13.2 Å². The lowest BCUT2D eigenvalue weighted by Gasteiger charge is -2.04. The normalized spacial score (nSPS) is 10.5. The van der Waals surface area contributed by atoms with Gasteiger partial charge in [0.25, 0.3) is 0 Å². The Morgan fingerprint density at radius 3 is 2.47 bits per heavy atom. The Balaban J connectivity index is 2.07. The fourth-order valence-electron chi connectivity index (χ4n) is 1.40. The van der Waals surface area contributed by atoms with Gasteiger partial charge in [0.15, 0.2) is 0 Å². The van der Waals surface area contributed by atoms with Gasteiger partial charge in [-0.25, -0.2) is 0 Å². The lowest BCUT2D eigenvalue weighted by Crippen LogP contribution is -2.00. The molecule has 2 heteroatoms. The number of hydrogen-bond acceptors (Lipinski definition) is 1. The summed E-state index contributed by atoms with van der Waals surface area (Å²) < 4.78 is 5.54. The van der Waals surface area contributed by atoms with Gasteiger partial charge in [0.1, 0.15) is 0 Å². The van der Waals surface area contributed by atoms with Crippen LogP contribution in [-0.4, -0.2) is 13.2 Å². The average molecular weight is 227 g/mol. The maximum Gasteiger partial charge on any atom is 0.0506 e. The third kappa shape index (κ3) is 5.81. The molecule has 0 atom stereocenters. The molecule has 0 radical (unpaired) electrons. The van der Waals surface area contributed by atoms with Crippen LogP contribution in [0.3, 0.4) is 0 Å². The fourth-order valence-corrected chi connectivity index (χ4v) is 1.52. The predicted octanol–water partition coefficient (Wildman–Crippen LogP) is 4.09. The standard InChI is InChI=1S/C13H19ClO/c1-2-3-4-10-15-11-9-12-5-7-13(14)8-6-12/h5-8H,2-4,9-11H2,1H3. The molecule has 1 aromatic carbocycles. The lowest BCUT2D eigenvalue weighted by molar-refractivity contribution is 0.133. The zero-order valence-corrected chi connectivity index (χ0v) is 10.1. The van der Waals surface area contributed by atoms with E-state index in [1.165, 1.54) is 24.8 Å². The minimum atomic E-state index is 0.794. The van der Waals surface area contributed by atoms with E-state index in [4.69, 9.17) is 16.3 Å². The van der Waals surface area contributed by atoms with Crippen LogP contribution in [0.25, 0.3) is 0 Å². The van der Waals surface area contributed by atoms with E-state index >= 15 is 0 Å². The molecular formula is C13H19ClO. The van der Waals surface area contributed by atoms with E-state index < -0.39 is 0 Å². The first-order chi connectivity index (χ1) is 7.33. The summed E-state index contributed by atoms with van der Waals surface area (Å²) in [5.74, 6) is 0. The van der Waals surface area contributed by atoms with Crippen LogP contribution in [-0.2, 0) is 11.2 Å². The van der Waals surface area contributed by atoms with Gasteiger partial charge in [0.05, 0.1) is 6.61 Å². The van der Waals surface area contributed by atoms with Gasteiger partial charge < -0.3 is 4.74 Å². The highest BCUT2D eigenvalue weighted by atomic mass is 35.5. The van der Waals surface area contributed by atoms with Crippen molar-refractivity contribution in [3.8, 4) is 0 Å². The highest BCUT2D eigenvalue weighted by Crippen LogP contribution is 2.09. The van der Waals surface area contributed by atoms with Crippen LogP contribution in [0, 0.1) is 0 Å². The van der Waals surface area contributed by atoms with Crippen molar-refractivity contribution in [1.29, 1.82) is 0 Å². The van der Waals surface area contributed by atoms with Gasteiger partial charge in [0.2, 0.25) is 0 Å². The molecule has 0 heterocycles. The molecule has 0 saturated heterocycles. The molecule has 0 aromatic heterocycles. The first-order valence-electron chi connectivity index (χ1n) is 5.65. The van der Waals surface area contributed by atoms with Crippen LogP contribution < -0.4 is 0 Å². The lowest BCUT2D eigenvalue weighted by atomic mass is 10.2. The molecule has 0 spiro atoms. The minimum Gasteiger partial charge on any atom is -0.381 e. The predicted molar refractivity (Wildman–Crippen MR) is 65.5 cm³/mol. The van der Waals surface area contributed by atoms with Crippen molar-refractivity contribution in [2.24, 2.45) is 0 Å². The zero-order chi connectivity index (χ0) is 10.9. The van der Waals surface area contributed by atoms with Crippen molar-refractivity contribution in [3.63, 3.8) is 0 Å². The topological polar surface area (TPSA) is 9.23 Å². The van der Waals surface area contributed by atoms with Gasteiger partial charge in [-0.05, 0) is 30.5 Å². The summed E-state index contributed by atoms with van der Waals surface area (Å²) in [5, 5.41) is 0.794. The summed E-state index contributed by atoms with van der Waals surface area (Å²) in [6.07, 6.45) is 4.67. The summed E-state index contributed by atoms with van der Waals surface area (Å²) in [6, 6.07) is 7.96. The van der Waals surface area contributed by atoms with Crippen molar-refractivity contribution >= 4 is 11.6 Å². The second-order valence-electron chi connectivity index (χ2n) is 3.70. The first kappa shape index (κ1) is 12.5. The SMILES string of the molecule is CCCCCOCCc1ccc(Cl)cc1. The highest BCUT2D eigenvalue weighted by molar-refractivity contribution is 6.30. The van der Waals surface area contributed by atoms with Crippen LogP contribution in [0.5, 0.6) is 0 Å². The Bertz CT molecular complexity index is 256. The van der Waals surface area contributed by atoms with Gasteiger partial charge in [-0.2, -0.15) is 0 Å². The maximum atomic E-state index is 5.80. The molecule has 0 fully saturated rings. The Kier molecular flexibility index (Phi) is 6.45. The Hall–Kier alpha value is -0.530. The third-order valence-corrected chi connectivity index (χ3v) is 2.59. The van der Waals surface area contributed by atoms with Crippen molar-refractivity contribution < 1.29 is 4.74 Å². The molecule has 0 bridgehead atoms. The third-order valence-electron chi connectivity index (χ3n) is 2.34. The van der Waals surface area contributed by atoms with Gasteiger partial charge >= 0.3 is 0 Å². The van der Waals surface area contributed by atoms with Crippen LogP contribution in [0.2, 0.25) is 5.02 Å². The van der Waals surface area contributed by atoms with Gasteiger partial charge in [-0.3, -0.25) is 0 Å². The zero-order valence-electron chi connectivity index (χ0n) is 9.34. The Morgan fingerprint density at radius 1 is 1.07 bits per heavy atom. The van der Waals surface area contributed by atoms with E-state index in [9.17, 15) is 0 Å². The van der Waals surface area contributed by atoms with Crippen LogP contribution in [0.15, 0.2) is 24.3 Å². The molecule has 0 aliphatic carbocycles. The van der Waals surface area contributed by atoms with E-state index in [-0.39, 0.29) is 0 Å². The molecule has 1 nitrogen and oxygen atoms in total. The fraction of sp³-hybridized carbons (Fsp3) is 0.538. The van der Waals surface area contributed by atoms with Crippen LogP contribution in [0.4, 0.5) is 0 Å². The summed E-state index contributed by atoms with van der Waals surface area (Å²) in [5.41, 5.74) is 1.29. The molecule has 0 aliphatic rings. The Morgan fingerprint density at radius 2 is 1.80 bits per heavy atom. The molecule has 84 valence electrons. The molecule has 1 aromatic rings. The van der Waals surface area contributed by atoms with Crippen LogP contribution >= 0.6 is 11.6 Å². The van der Waals surface area contributed by atoms with E-state index in [1.54, 1.807) is 0 Å². The number of benzene rings is 1. The molecule has 0 amide bonds. The van der Waals surface area contributed by atoms with E-state index in [0.717, 1.165) is 24.7 Å². The number of unbranched alkanes of at least 4 members (excludes halogenated alkanes) is 2. The quantitative estimate of drug-likeness (QED) is 0.637. The molecule has 0 saturated carbocycles. The summed E-state index contributed by atoms with van der Waals surface area (Å²) in [4.78, 5) is 0. The van der Waals surface area contributed by atoms with E-state index in [0.29, 0.717) is 0 Å². The smallest absolute Gasteiger partial charge is 0.0506 e. The first-order valence-corrected chi connectivity index (χ1v) is 6.03. The summed E-state index contributed by atoms with van der Waals surface area (Å²) >= 11 is 5.80. The molecule has 0 N–H and O–H groups in total. The van der Waals surface area contributed by atoms with Gasteiger partial charge in [0, 0.05) is 11.6 Å². The van der Waals surface area contributed by atoms with Gasteiger partial charge in [-0.15, -0.1) is 0 Å². The van der Waals surface area contributed by atoms with Crippen molar-refractivity contribution in [3.05, 3.63) is 34.9 Å². The second-order valence-corrected chi connectivity index (χ2v) is 4.13. The number of rotatable bonds is 7. The minimum absolute atomic E-state index is 0.794. The molecular weight excluding hydrogens is 208 g/mol. The van der Waals surface area contributed by atoms with Crippen molar-refractivity contribution in [2.45, 2.75) is 32.6 Å². The number of halogens is 1. The molecule has 0 unspecified atom stereocenters. The Labute approximate surface area is 97.4 Å². The summed E-state index contributed by atoms with van der Waals surface area (Å²) in [6.45, 7) is 3.90. The maximum absolute atomic E-state index is 5.80. The number of ether oxygens (including phenoxy) is 1.